The van der Waals surface area contributed by atoms with E-state index in [-0.39, 0.29) is 5.69 Å². The normalized spacial score (nSPS) is 10.9. The Morgan fingerprint density at radius 3 is 2.69 bits per heavy atom. The number of nitrogens with zero attached hydrogens (tertiary/aromatic N) is 3. The predicted octanol–water partition coefficient (Wildman–Crippen LogP) is -0.146. The number of aryl methyl sites for hydroxylation is 2. The first-order valence-electron chi connectivity index (χ1n) is 3.89. The van der Waals surface area contributed by atoms with Gasteiger partial charge in [-0.2, -0.15) is 0 Å². The summed E-state index contributed by atoms with van der Waals surface area (Å²) in [6.45, 7) is 0. The van der Waals surface area contributed by atoms with E-state index in [0.717, 1.165) is 5.52 Å². The molecule has 0 bridgehead atoms. The summed E-state index contributed by atoms with van der Waals surface area (Å²) in [6.07, 6.45) is 1.59. The van der Waals surface area contributed by atoms with Crippen molar-refractivity contribution in [1.82, 2.24) is 14.1 Å². The predicted molar refractivity (Wildman–Crippen MR) is 50.4 cm³/mol. The summed E-state index contributed by atoms with van der Waals surface area (Å²) in [7, 11) is 3.40. The average Bonchev–Trinajstić information content (AvgIpc) is 2.33. The lowest BCUT2D eigenvalue weighted by Gasteiger charge is -1.96. The van der Waals surface area contributed by atoms with Crippen LogP contribution >= 0.6 is 0 Å². The number of anilines is 1. The molecule has 5 nitrogen and oxygen atoms in total. The first kappa shape index (κ1) is 7.85. The number of aromatic nitrogens is 3. The number of hydrogen-bond donors (Lipinski definition) is 1. The minimum absolute atomic E-state index is 0.0882. The first-order chi connectivity index (χ1) is 6.13. The van der Waals surface area contributed by atoms with Crippen LogP contribution in [0.15, 0.2) is 17.1 Å². The highest BCUT2D eigenvalue weighted by atomic mass is 16.1. The molecule has 0 saturated heterocycles. The fourth-order valence-corrected chi connectivity index (χ4v) is 1.50. The quantitative estimate of drug-likeness (QED) is 0.610. The third kappa shape index (κ3) is 0.867. The van der Waals surface area contributed by atoms with E-state index >= 15 is 0 Å². The molecule has 13 heavy (non-hydrogen) atoms. The minimum Gasteiger partial charge on any atom is -0.382 e. The summed E-state index contributed by atoms with van der Waals surface area (Å²) in [5.41, 5.74) is 7.06. The molecule has 0 saturated carbocycles. The fourth-order valence-electron chi connectivity index (χ4n) is 1.50. The third-order valence-electron chi connectivity index (χ3n) is 2.20. The van der Waals surface area contributed by atoms with E-state index in [2.05, 4.69) is 4.98 Å². The second kappa shape index (κ2) is 2.35. The smallest absolute Gasteiger partial charge is 0.328 e. The number of nitrogens with two attached hydrogens (primary N) is 1. The topological polar surface area (TPSA) is 65.8 Å². The van der Waals surface area contributed by atoms with Crippen LogP contribution in [0.1, 0.15) is 0 Å². The summed E-state index contributed by atoms with van der Waals surface area (Å²) in [5.74, 6) is 0.387. The Morgan fingerprint density at radius 1 is 1.38 bits per heavy atom. The van der Waals surface area contributed by atoms with Gasteiger partial charge in [0.2, 0.25) is 0 Å². The van der Waals surface area contributed by atoms with Crippen molar-refractivity contribution in [3.8, 4) is 0 Å². The maximum Gasteiger partial charge on any atom is 0.328 e. The van der Waals surface area contributed by atoms with Crippen molar-refractivity contribution in [3.05, 3.63) is 22.7 Å². The molecule has 0 aromatic carbocycles. The van der Waals surface area contributed by atoms with Crippen molar-refractivity contribution >= 4 is 16.9 Å². The van der Waals surface area contributed by atoms with Gasteiger partial charge in [-0.05, 0) is 6.07 Å². The van der Waals surface area contributed by atoms with Crippen LogP contribution in [0.5, 0.6) is 0 Å². The van der Waals surface area contributed by atoms with Gasteiger partial charge in [-0.25, -0.2) is 9.78 Å². The monoisotopic (exact) mass is 178 g/mol. The number of nitrogen functional groups attached to an aromatic ring is 1. The van der Waals surface area contributed by atoms with E-state index < -0.39 is 0 Å². The van der Waals surface area contributed by atoms with Crippen molar-refractivity contribution in [1.29, 1.82) is 0 Å². The maximum atomic E-state index is 11.5. The lowest BCUT2D eigenvalue weighted by atomic mass is 10.4. The van der Waals surface area contributed by atoms with E-state index in [1.807, 2.05) is 0 Å². The summed E-state index contributed by atoms with van der Waals surface area (Å²) in [6, 6.07) is 1.77. The van der Waals surface area contributed by atoms with Gasteiger partial charge in [-0.15, -0.1) is 0 Å². The molecule has 0 spiro atoms. The number of fused-ring (bicyclic) bond motifs is 1. The molecule has 0 aliphatic heterocycles. The molecule has 0 aliphatic carbocycles. The molecule has 0 atom stereocenters. The maximum absolute atomic E-state index is 11.5. The van der Waals surface area contributed by atoms with Gasteiger partial charge in [0.15, 0.2) is 0 Å². The number of rotatable bonds is 0. The highest BCUT2D eigenvalue weighted by Crippen LogP contribution is 2.15. The van der Waals surface area contributed by atoms with E-state index in [1.54, 1.807) is 30.9 Å². The van der Waals surface area contributed by atoms with Gasteiger partial charge in [0.05, 0.1) is 5.52 Å². The Hall–Kier alpha value is -1.78. The van der Waals surface area contributed by atoms with Crippen LogP contribution in [0.2, 0.25) is 0 Å². The third-order valence-corrected chi connectivity index (χ3v) is 2.20. The van der Waals surface area contributed by atoms with Crippen LogP contribution in [-0.4, -0.2) is 14.1 Å². The molecular formula is C8H10N4O. The van der Waals surface area contributed by atoms with E-state index in [9.17, 15) is 4.79 Å². The van der Waals surface area contributed by atoms with Gasteiger partial charge in [0.25, 0.3) is 0 Å². The number of hydrogen-bond acceptors (Lipinski definition) is 3. The summed E-state index contributed by atoms with van der Waals surface area (Å²) in [4.78, 5) is 15.4. The molecule has 0 radical (unpaired) electrons. The molecule has 5 heteroatoms. The molecular weight excluding hydrogens is 168 g/mol. The fraction of sp³-hybridized carbons (Fsp3) is 0.250. The number of pyridine rings is 1. The average molecular weight is 178 g/mol. The molecule has 68 valence electrons. The molecule has 2 aromatic heterocycles. The number of imidazole rings is 1. The molecule has 2 N–H and O–H groups in total. The Kier molecular flexibility index (Phi) is 1.42. The highest BCUT2D eigenvalue weighted by molar-refractivity contribution is 5.85. The zero-order valence-electron chi connectivity index (χ0n) is 7.48. The van der Waals surface area contributed by atoms with Crippen molar-refractivity contribution in [2.24, 2.45) is 14.1 Å². The van der Waals surface area contributed by atoms with Gasteiger partial charge in [-0.3, -0.25) is 9.13 Å². The SMILES string of the molecule is Cn1c(=O)n(C)c2c(N)nccc21. The summed E-state index contributed by atoms with van der Waals surface area (Å²) >= 11 is 0. The molecule has 2 rings (SSSR count). The van der Waals surface area contributed by atoms with Crippen LogP contribution in [-0.2, 0) is 14.1 Å². The van der Waals surface area contributed by atoms with Gasteiger partial charge >= 0.3 is 5.69 Å². The second-order valence-electron chi connectivity index (χ2n) is 2.96. The molecule has 2 heterocycles. The Balaban J connectivity index is 3.12. The van der Waals surface area contributed by atoms with E-state index in [4.69, 9.17) is 5.73 Å². The largest absolute Gasteiger partial charge is 0.382 e. The molecule has 0 unspecified atom stereocenters. The van der Waals surface area contributed by atoms with Crippen molar-refractivity contribution in [2.75, 3.05) is 5.73 Å². The van der Waals surface area contributed by atoms with Crippen molar-refractivity contribution in [2.45, 2.75) is 0 Å². The standard InChI is InChI=1S/C8H10N4O/c1-11-5-3-4-10-7(9)6(5)12(2)8(11)13/h3-4H,1-2H3,(H2,9,10). The van der Waals surface area contributed by atoms with Gasteiger partial charge in [-0.1, -0.05) is 0 Å². The zero-order valence-corrected chi connectivity index (χ0v) is 7.48. The summed E-state index contributed by atoms with van der Waals surface area (Å²) in [5, 5.41) is 0. The van der Waals surface area contributed by atoms with Crippen molar-refractivity contribution < 1.29 is 0 Å². The van der Waals surface area contributed by atoms with Gasteiger partial charge in [0.1, 0.15) is 11.3 Å². The molecule has 0 aliphatic rings. The van der Waals surface area contributed by atoms with Gasteiger partial charge < -0.3 is 5.73 Å². The lowest BCUT2D eigenvalue weighted by Crippen LogP contribution is -2.19. The molecule has 0 fully saturated rings. The Bertz CT molecular complexity index is 523. The summed E-state index contributed by atoms with van der Waals surface area (Å²) < 4.78 is 3.05. The van der Waals surface area contributed by atoms with Crippen LogP contribution in [0.25, 0.3) is 11.0 Å². The van der Waals surface area contributed by atoms with Crippen LogP contribution < -0.4 is 11.4 Å². The highest BCUT2D eigenvalue weighted by Gasteiger charge is 2.09. The molecule has 0 amide bonds. The van der Waals surface area contributed by atoms with E-state index in [1.165, 1.54) is 4.57 Å². The Labute approximate surface area is 74.4 Å². The van der Waals surface area contributed by atoms with Crippen LogP contribution in [0, 0.1) is 0 Å². The Morgan fingerprint density at radius 2 is 2.08 bits per heavy atom. The lowest BCUT2D eigenvalue weighted by molar-refractivity contribution is 0.795. The molecule has 2 aromatic rings. The van der Waals surface area contributed by atoms with Gasteiger partial charge in [0, 0.05) is 20.3 Å². The van der Waals surface area contributed by atoms with Crippen molar-refractivity contribution in [3.63, 3.8) is 0 Å². The van der Waals surface area contributed by atoms with E-state index in [0.29, 0.717) is 11.3 Å². The second-order valence-corrected chi connectivity index (χ2v) is 2.96. The minimum atomic E-state index is -0.0882. The van der Waals surface area contributed by atoms with Crippen LogP contribution in [0.4, 0.5) is 5.82 Å². The first-order valence-corrected chi connectivity index (χ1v) is 3.89. The van der Waals surface area contributed by atoms with Crippen LogP contribution in [0.3, 0.4) is 0 Å². The zero-order chi connectivity index (χ0) is 9.59.